The number of aromatic nitrogens is 3. The Bertz CT molecular complexity index is 480. The van der Waals surface area contributed by atoms with Gasteiger partial charge in [0.05, 0.1) is 11.9 Å². The molecule has 6 nitrogen and oxygen atoms in total. The summed E-state index contributed by atoms with van der Waals surface area (Å²) in [5, 5.41) is 11.5. The molecule has 0 spiro atoms. The lowest BCUT2D eigenvalue weighted by Crippen LogP contribution is -2.19. The van der Waals surface area contributed by atoms with Crippen molar-refractivity contribution in [3.05, 3.63) is 36.3 Å². The predicted octanol–water partition coefficient (Wildman–Crippen LogP) is 1.76. The molecule has 0 unspecified atom stereocenters. The molecule has 0 aromatic carbocycles. The zero-order valence-corrected chi connectivity index (χ0v) is 8.69. The average Bonchev–Trinajstić information content (AvgIpc) is 2.70. The first-order valence-corrected chi connectivity index (χ1v) is 4.73. The van der Waals surface area contributed by atoms with E-state index >= 15 is 0 Å². The molecule has 6 heteroatoms. The van der Waals surface area contributed by atoms with Crippen molar-refractivity contribution in [2.75, 3.05) is 10.6 Å². The fraction of sp³-hybridized carbons (Fsp3) is 0.100. The maximum absolute atomic E-state index is 11.5. The number of hydrogen-bond donors (Lipinski definition) is 3. The van der Waals surface area contributed by atoms with E-state index < -0.39 is 0 Å². The minimum atomic E-state index is -0.348. The molecule has 82 valence electrons. The van der Waals surface area contributed by atoms with Crippen LogP contribution in [0.2, 0.25) is 0 Å². The van der Waals surface area contributed by atoms with Crippen LogP contribution in [-0.4, -0.2) is 21.2 Å². The number of rotatable bonds is 2. The number of aryl methyl sites for hydroxylation is 1. The van der Waals surface area contributed by atoms with Crippen molar-refractivity contribution in [2.24, 2.45) is 0 Å². The number of nitrogens with zero attached hydrogens (tertiary/aromatic N) is 2. The Morgan fingerprint density at radius 2 is 2.31 bits per heavy atom. The first-order chi connectivity index (χ1) is 7.74. The van der Waals surface area contributed by atoms with Crippen molar-refractivity contribution < 1.29 is 4.79 Å². The van der Waals surface area contributed by atoms with Crippen molar-refractivity contribution in [3.8, 4) is 0 Å². The quantitative estimate of drug-likeness (QED) is 0.716. The van der Waals surface area contributed by atoms with Crippen LogP contribution in [0.15, 0.2) is 30.7 Å². The summed E-state index contributed by atoms with van der Waals surface area (Å²) in [6.45, 7) is 1.93. The van der Waals surface area contributed by atoms with Crippen molar-refractivity contribution in [1.29, 1.82) is 0 Å². The minimum Gasteiger partial charge on any atom is -0.305 e. The van der Waals surface area contributed by atoms with E-state index in [0.29, 0.717) is 11.5 Å². The summed E-state index contributed by atoms with van der Waals surface area (Å²) < 4.78 is 0. The lowest BCUT2D eigenvalue weighted by molar-refractivity contribution is 0.262. The molecule has 0 aliphatic heterocycles. The predicted molar refractivity (Wildman–Crippen MR) is 60.2 cm³/mol. The molecule has 2 aromatic rings. The van der Waals surface area contributed by atoms with E-state index in [1.165, 1.54) is 6.20 Å². The van der Waals surface area contributed by atoms with Gasteiger partial charge < -0.3 is 5.32 Å². The average molecular weight is 217 g/mol. The fourth-order valence-corrected chi connectivity index (χ4v) is 1.20. The Kier molecular flexibility index (Phi) is 2.81. The maximum Gasteiger partial charge on any atom is 0.324 e. The number of aromatic amines is 1. The van der Waals surface area contributed by atoms with E-state index in [4.69, 9.17) is 0 Å². The van der Waals surface area contributed by atoms with Crippen LogP contribution in [0.1, 0.15) is 5.56 Å². The number of H-pyrrole nitrogens is 1. The van der Waals surface area contributed by atoms with Crippen molar-refractivity contribution >= 4 is 17.5 Å². The Morgan fingerprint density at radius 1 is 1.44 bits per heavy atom. The van der Waals surface area contributed by atoms with E-state index in [0.717, 1.165) is 5.56 Å². The number of amides is 2. The molecule has 16 heavy (non-hydrogen) atoms. The number of carbonyl (C=O) groups is 1. The van der Waals surface area contributed by atoms with Crippen molar-refractivity contribution in [2.45, 2.75) is 6.92 Å². The molecular formula is C10H11N5O. The molecule has 0 bridgehead atoms. The standard InChI is InChI=1S/C10H11N5O/c1-7-2-3-11-9(4-7)15-10(16)14-8-5-12-13-6-8/h2-6H,1H3,(H,12,13)(H2,11,14,15,16). The summed E-state index contributed by atoms with van der Waals surface area (Å²) in [4.78, 5) is 15.5. The number of urea groups is 1. The highest BCUT2D eigenvalue weighted by Gasteiger charge is 2.03. The Hall–Kier alpha value is -2.37. The zero-order valence-electron chi connectivity index (χ0n) is 8.69. The van der Waals surface area contributed by atoms with Crippen LogP contribution in [0.5, 0.6) is 0 Å². The second kappa shape index (κ2) is 4.43. The van der Waals surface area contributed by atoms with Gasteiger partial charge in [-0.3, -0.25) is 10.4 Å². The topological polar surface area (TPSA) is 82.7 Å². The van der Waals surface area contributed by atoms with Crippen LogP contribution >= 0.6 is 0 Å². The van der Waals surface area contributed by atoms with Gasteiger partial charge in [0.2, 0.25) is 0 Å². The summed E-state index contributed by atoms with van der Waals surface area (Å²) >= 11 is 0. The highest BCUT2D eigenvalue weighted by molar-refractivity contribution is 5.98. The van der Waals surface area contributed by atoms with Crippen molar-refractivity contribution in [1.82, 2.24) is 15.2 Å². The smallest absolute Gasteiger partial charge is 0.305 e. The van der Waals surface area contributed by atoms with Gasteiger partial charge in [0.1, 0.15) is 5.82 Å². The molecule has 0 aliphatic carbocycles. The summed E-state index contributed by atoms with van der Waals surface area (Å²) in [7, 11) is 0. The lowest BCUT2D eigenvalue weighted by Gasteiger charge is -2.05. The summed E-state index contributed by atoms with van der Waals surface area (Å²) in [6.07, 6.45) is 4.75. The van der Waals surface area contributed by atoms with Crippen molar-refractivity contribution in [3.63, 3.8) is 0 Å². The molecule has 0 saturated heterocycles. The second-order valence-electron chi connectivity index (χ2n) is 3.28. The van der Waals surface area contributed by atoms with Gasteiger partial charge >= 0.3 is 6.03 Å². The van der Waals surface area contributed by atoms with E-state index in [1.54, 1.807) is 18.5 Å². The van der Waals surface area contributed by atoms with Gasteiger partial charge in [-0.05, 0) is 24.6 Å². The molecule has 0 atom stereocenters. The highest BCUT2D eigenvalue weighted by Crippen LogP contribution is 2.06. The lowest BCUT2D eigenvalue weighted by atomic mass is 10.3. The fourth-order valence-electron chi connectivity index (χ4n) is 1.20. The first kappa shape index (κ1) is 10.2. The second-order valence-corrected chi connectivity index (χ2v) is 3.28. The monoisotopic (exact) mass is 217 g/mol. The normalized spacial score (nSPS) is 9.81. The van der Waals surface area contributed by atoms with E-state index in [9.17, 15) is 4.79 Å². The summed E-state index contributed by atoms with van der Waals surface area (Å²) in [5.41, 5.74) is 1.64. The Morgan fingerprint density at radius 3 is 3.00 bits per heavy atom. The first-order valence-electron chi connectivity index (χ1n) is 4.73. The van der Waals surface area contributed by atoms with Gasteiger partial charge in [-0.1, -0.05) is 0 Å². The van der Waals surface area contributed by atoms with Gasteiger partial charge in [0.15, 0.2) is 0 Å². The molecule has 2 heterocycles. The van der Waals surface area contributed by atoms with E-state index in [-0.39, 0.29) is 6.03 Å². The van der Waals surface area contributed by atoms with Gasteiger partial charge in [-0.15, -0.1) is 0 Å². The van der Waals surface area contributed by atoms with Gasteiger partial charge in [-0.25, -0.2) is 9.78 Å². The van der Waals surface area contributed by atoms with Crippen LogP contribution in [-0.2, 0) is 0 Å². The molecule has 0 radical (unpaired) electrons. The zero-order chi connectivity index (χ0) is 11.4. The SMILES string of the molecule is Cc1ccnc(NC(=O)Nc2cn[nH]c2)c1. The van der Waals surface area contributed by atoms with Crippen LogP contribution in [0.3, 0.4) is 0 Å². The van der Waals surface area contributed by atoms with E-state index in [1.807, 2.05) is 13.0 Å². The molecule has 0 fully saturated rings. The third-order valence-electron chi connectivity index (χ3n) is 1.91. The highest BCUT2D eigenvalue weighted by atomic mass is 16.2. The molecule has 2 rings (SSSR count). The Labute approximate surface area is 92.1 Å². The van der Waals surface area contributed by atoms with Gasteiger partial charge in [-0.2, -0.15) is 5.10 Å². The molecular weight excluding hydrogens is 206 g/mol. The number of anilines is 2. The molecule has 0 saturated carbocycles. The maximum atomic E-state index is 11.5. The van der Waals surface area contributed by atoms with Crippen LogP contribution < -0.4 is 10.6 Å². The molecule has 2 amide bonds. The van der Waals surface area contributed by atoms with E-state index in [2.05, 4.69) is 25.8 Å². The van der Waals surface area contributed by atoms with Gasteiger partial charge in [0.25, 0.3) is 0 Å². The van der Waals surface area contributed by atoms with Crippen LogP contribution in [0, 0.1) is 6.92 Å². The number of hydrogen-bond acceptors (Lipinski definition) is 3. The van der Waals surface area contributed by atoms with Gasteiger partial charge in [0, 0.05) is 12.4 Å². The number of carbonyl (C=O) groups excluding carboxylic acids is 1. The Balaban J connectivity index is 1.97. The third-order valence-corrected chi connectivity index (χ3v) is 1.91. The number of nitrogens with one attached hydrogen (secondary N) is 3. The molecule has 3 N–H and O–H groups in total. The van der Waals surface area contributed by atoms with Crippen LogP contribution in [0.4, 0.5) is 16.3 Å². The molecule has 0 aliphatic rings. The summed E-state index contributed by atoms with van der Waals surface area (Å²) in [5.74, 6) is 0.515. The largest absolute Gasteiger partial charge is 0.324 e. The third kappa shape index (κ3) is 2.57. The molecule has 2 aromatic heterocycles. The summed E-state index contributed by atoms with van der Waals surface area (Å²) in [6, 6.07) is 3.30. The van der Waals surface area contributed by atoms with Crippen LogP contribution in [0.25, 0.3) is 0 Å². The minimum absolute atomic E-state index is 0.348. The number of pyridine rings is 1.